The normalized spacial score (nSPS) is 16.4. The Balaban J connectivity index is 0.00000171. The molecule has 0 saturated carbocycles. The van der Waals surface area contributed by atoms with E-state index in [-0.39, 0.29) is 49.3 Å². The van der Waals surface area contributed by atoms with Crippen molar-refractivity contribution < 1.29 is 38.0 Å². The number of benzene rings is 1. The molecule has 2 aromatic rings. The van der Waals surface area contributed by atoms with Crippen LogP contribution in [0.5, 0.6) is 0 Å². The lowest BCUT2D eigenvalue weighted by atomic mass is 10.1. The molecule has 15 nitrogen and oxygen atoms in total. The summed E-state index contributed by atoms with van der Waals surface area (Å²) in [4.78, 5) is 83.1. The van der Waals surface area contributed by atoms with Crippen LogP contribution < -0.4 is 16.0 Å². The Labute approximate surface area is 318 Å². The van der Waals surface area contributed by atoms with Crippen molar-refractivity contribution in [1.29, 1.82) is 0 Å². The molecule has 15 heteroatoms. The molecule has 2 unspecified atom stereocenters. The molecule has 0 bridgehead atoms. The van der Waals surface area contributed by atoms with Gasteiger partial charge in [-0.15, -0.1) is 0 Å². The van der Waals surface area contributed by atoms with E-state index < -0.39 is 35.7 Å². The van der Waals surface area contributed by atoms with Crippen LogP contribution in [-0.2, 0) is 28.7 Å². The lowest BCUT2D eigenvalue weighted by Gasteiger charge is -2.35. The van der Waals surface area contributed by atoms with E-state index in [0.717, 1.165) is 19.8 Å². The Morgan fingerprint density at radius 1 is 1.00 bits per heavy atom. The number of carbonyl (C=O) groups excluding carboxylic acids is 5. The van der Waals surface area contributed by atoms with Gasteiger partial charge in [0.05, 0.1) is 13.2 Å². The van der Waals surface area contributed by atoms with Gasteiger partial charge in [0.15, 0.2) is 11.9 Å². The van der Waals surface area contributed by atoms with E-state index in [1.54, 1.807) is 54.5 Å². The van der Waals surface area contributed by atoms with E-state index in [9.17, 15) is 28.8 Å². The highest BCUT2D eigenvalue weighted by Crippen LogP contribution is 2.24. The number of allylic oxidation sites excluding steroid dienone is 5. The molecule has 54 heavy (non-hydrogen) atoms. The smallest absolute Gasteiger partial charge is 0.439 e. The van der Waals surface area contributed by atoms with Crippen molar-refractivity contribution in [2.24, 2.45) is 0 Å². The van der Waals surface area contributed by atoms with Gasteiger partial charge in [-0.2, -0.15) is 0 Å². The van der Waals surface area contributed by atoms with Crippen molar-refractivity contribution in [3.05, 3.63) is 76.2 Å². The predicted octanol–water partition coefficient (Wildman–Crippen LogP) is 4.87. The van der Waals surface area contributed by atoms with E-state index in [0.29, 0.717) is 30.0 Å². The number of hydrogen-bond donors (Lipinski definition) is 2. The van der Waals surface area contributed by atoms with Gasteiger partial charge in [-0.3, -0.25) is 33.5 Å². The van der Waals surface area contributed by atoms with Crippen LogP contribution in [0.3, 0.4) is 0 Å². The average Bonchev–Trinajstić information content (AvgIpc) is 3.85. The van der Waals surface area contributed by atoms with Crippen molar-refractivity contribution in [2.45, 2.75) is 93.8 Å². The summed E-state index contributed by atoms with van der Waals surface area (Å²) >= 11 is 0. The van der Waals surface area contributed by atoms with Crippen LogP contribution >= 0.6 is 0 Å². The van der Waals surface area contributed by atoms with Gasteiger partial charge >= 0.3 is 11.7 Å². The monoisotopic (exact) mass is 754 g/mol. The van der Waals surface area contributed by atoms with Gasteiger partial charge in [-0.05, 0) is 43.2 Å². The summed E-state index contributed by atoms with van der Waals surface area (Å²) < 4.78 is 15.5. The van der Waals surface area contributed by atoms with E-state index in [1.165, 1.54) is 15.9 Å². The topological polar surface area (TPSA) is 184 Å². The van der Waals surface area contributed by atoms with Crippen LogP contribution in [0.2, 0.25) is 0 Å². The highest BCUT2D eigenvalue weighted by molar-refractivity contribution is 6.03. The minimum atomic E-state index is -1.62. The number of amides is 4. The number of hydrogen-bond acceptors (Lipinski definition) is 10. The second-order valence-corrected chi connectivity index (χ2v) is 11.0. The molecular formula is C39H58N6O9. The van der Waals surface area contributed by atoms with Crippen molar-refractivity contribution >= 4 is 40.9 Å². The number of rotatable bonds is 9. The van der Waals surface area contributed by atoms with Crippen molar-refractivity contribution in [1.82, 2.24) is 25.3 Å². The van der Waals surface area contributed by atoms with Crippen molar-refractivity contribution in [3.8, 4) is 0 Å². The fraction of sp³-hybridized carbons (Fsp3) is 0.513. The molecule has 5 rings (SSSR count). The summed E-state index contributed by atoms with van der Waals surface area (Å²) in [6.45, 7) is 18.6. The largest absolute Gasteiger partial charge is 0.449 e. The van der Waals surface area contributed by atoms with Crippen LogP contribution in [0.1, 0.15) is 97.8 Å². The Kier molecular flexibility index (Phi) is 21.5. The average molecular weight is 755 g/mol. The van der Waals surface area contributed by atoms with Gasteiger partial charge in [-0.25, -0.2) is 4.79 Å². The fourth-order valence-corrected chi connectivity index (χ4v) is 5.34. The Bertz CT molecular complexity index is 1670. The molecular weight excluding hydrogens is 696 g/mol. The maximum atomic E-state index is 13.7. The molecule has 3 aliphatic rings. The molecule has 2 fully saturated rings. The van der Waals surface area contributed by atoms with Crippen LogP contribution in [0.4, 0.5) is 5.69 Å². The van der Waals surface area contributed by atoms with E-state index >= 15 is 0 Å². The summed E-state index contributed by atoms with van der Waals surface area (Å²) in [5, 5.41) is 6.34. The number of nitrogens with zero attached hydrogens (tertiary/aromatic N) is 4. The molecule has 298 valence electrons. The number of morpholine rings is 1. The van der Waals surface area contributed by atoms with Crippen LogP contribution in [0, 0.1) is 0 Å². The van der Waals surface area contributed by atoms with Gasteiger partial charge in [0, 0.05) is 62.5 Å². The quantitative estimate of drug-likeness (QED) is 0.335. The number of ether oxygens (including phenoxy) is 2. The Hall–Kier alpha value is -5.31. The molecule has 3 heterocycles. The molecule has 1 aromatic heterocycles. The summed E-state index contributed by atoms with van der Waals surface area (Å²) in [5.41, 5.74) is 1.59. The zero-order valence-electron chi connectivity index (χ0n) is 33.4. The highest BCUT2D eigenvalue weighted by Gasteiger charge is 2.43. The lowest BCUT2D eigenvalue weighted by molar-refractivity contribution is -0.169. The molecule has 2 N–H and O–H groups in total. The third-order valence-electron chi connectivity index (χ3n) is 7.63. The summed E-state index contributed by atoms with van der Waals surface area (Å²) in [6.07, 6.45) is 5.66. The van der Waals surface area contributed by atoms with Crippen LogP contribution in [0.15, 0.2) is 63.6 Å². The molecule has 2 aliphatic heterocycles. The summed E-state index contributed by atoms with van der Waals surface area (Å²) in [6, 6.07) is 6.39. The molecule has 4 amide bonds. The second kappa shape index (κ2) is 24.8. The standard InChI is InChI=1S/C31H34N6O9.4C2H6/c1-19(38)45-25(28(40)32-22-9-5-7-20(11-12-22)27-33-31(43)46-34-27)26-30(42)37(15-16-44-26)23-10-6-8-21(17-23)29(41)35(2)18-24(39)36-13-3-4-14-36;4*1-2/h5-8,10-12,17,25-26H,3-4,9,13-16,18H2,1-2H3,(H,32,40)(H,33,34,43);4*1-2H3. The van der Waals surface area contributed by atoms with Crippen LogP contribution in [-0.4, -0.2) is 102 Å². The molecule has 0 spiro atoms. The first-order chi connectivity index (χ1) is 26.1. The third-order valence-corrected chi connectivity index (χ3v) is 7.63. The molecule has 2 saturated heterocycles. The number of nitrogens with one attached hydrogen (secondary N) is 2. The predicted molar refractivity (Wildman–Crippen MR) is 207 cm³/mol. The van der Waals surface area contributed by atoms with E-state index in [4.69, 9.17) is 9.47 Å². The number of esters is 1. The molecule has 1 aromatic carbocycles. The number of H-pyrrole nitrogens is 1. The lowest BCUT2D eigenvalue weighted by Crippen LogP contribution is -2.57. The SMILES string of the molecule is CC.CC.CC.CC.CC(=O)OC(C(=O)NC1=CC=C(c2noc(=O)[nH]2)C=CC1)C1OCCN(c2cccc(C(=O)N(C)CC(=O)N3CCCC3)c2)C1=O. The number of likely N-dealkylation sites (tertiary alicyclic amines) is 1. The maximum Gasteiger partial charge on any atom is 0.439 e. The Morgan fingerprint density at radius 2 is 1.67 bits per heavy atom. The molecule has 0 radical (unpaired) electrons. The van der Waals surface area contributed by atoms with Gasteiger partial charge in [-0.1, -0.05) is 78.8 Å². The molecule has 2 atom stereocenters. The summed E-state index contributed by atoms with van der Waals surface area (Å²) in [7, 11) is 1.55. The minimum absolute atomic E-state index is 0.0251. The number of aromatic amines is 1. The summed E-state index contributed by atoms with van der Waals surface area (Å²) in [5.74, 6) is -3.23. The first-order valence-electron chi connectivity index (χ1n) is 18.8. The van der Waals surface area contributed by atoms with Gasteiger partial charge in [0.1, 0.15) is 0 Å². The zero-order chi connectivity index (χ0) is 40.8. The Morgan fingerprint density at radius 3 is 2.28 bits per heavy atom. The second-order valence-electron chi connectivity index (χ2n) is 11.0. The van der Waals surface area contributed by atoms with E-state index in [1.807, 2.05) is 55.4 Å². The van der Waals surface area contributed by atoms with E-state index in [2.05, 4.69) is 20.0 Å². The highest BCUT2D eigenvalue weighted by atomic mass is 16.6. The number of likely N-dealkylation sites (N-methyl/N-ethyl adjacent to an activating group) is 1. The number of aromatic nitrogens is 2. The first-order valence-corrected chi connectivity index (χ1v) is 18.8. The van der Waals surface area contributed by atoms with Crippen molar-refractivity contribution in [3.63, 3.8) is 0 Å². The third kappa shape index (κ3) is 13.3. The molecule has 1 aliphatic carbocycles. The van der Waals surface area contributed by atoms with Gasteiger partial charge < -0.3 is 29.5 Å². The zero-order valence-corrected chi connectivity index (χ0v) is 33.4. The minimum Gasteiger partial charge on any atom is -0.449 e. The van der Waals surface area contributed by atoms with Crippen molar-refractivity contribution in [2.75, 3.05) is 44.7 Å². The van der Waals surface area contributed by atoms with Crippen LogP contribution in [0.25, 0.3) is 5.57 Å². The first kappa shape index (κ1) is 46.7. The van der Waals surface area contributed by atoms with Gasteiger partial charge in [0.2, 0.25) is 12.0 Å². The fourth-order valence-electron chi connectivity index (χ4n) is 5.34. The number of carbonyl (C=O) groups is 5. The van der Waals surface area contributed by atoms with Gasteiger partial charge in [0.25, 0.3) is 17.7 Å². The maximum absolute atomic E-state index is 13.7. The number of anilines is 1.